The summed E-state index contributed by atoms with van der Waals surface area (Å²) in [6.07, 6.45) is 3.51. The van der Waals surface area contributed by atoms with Crippen molar-refractivity contribution >= 4 is 11.6 Å². The molecular weight excluding hydrogens is 514 g/mol. The molecule has 0 radical (unpaired) electrons. The van der Waals surface area contributed by atoms with E-state index in [1.165, 1.54) is 0 Å². The Morgan fingerprint density at radius 2 is 1.77 bits per heavy atom. The van der Waals surface area contributed by atoms with Gasteiger partial charge in [-0.1, -0.05) is 35.9 Å². The Hall–Kier alpha value is -4.12. The number of nitrogens with zero attached hydrogens (tertiary/aromatic N) is 1. The summed E-state index contributed by atoms with van der Waals surface area (Å²) in [6.45, 7) is 6.78. The van der Waals surface area contributed by atoms with Crippen LogP contribution in [0.15, 0.2) is 65.9 Å². The van der Waals surface area contributed by atoms with Crippen LogP contribution in [0.2, 0.25) is 5.02 Å². The molecule has 5 rings (SSSR count). The molecule has 8 heteroatoms. The number of fused-ring (bicyclic) bond motifs is 1. The van der Waals surface area contributed by atoms with Crippen LogP contribution in [0, 0.1) is 25.2 Å². The minimum atomic E-state index is 0.270. The van der Waals surface area contributed by atoms with E-state index in [1.807, 2.05) is 18.2 Å². The zero-order chi connectivity index (χ0) is 27.4. The van der Waals surface area contributed by atoms with Crippen molar-refractivity contribution in [1.29, 1.82) is 5.26 Å². The largest absolute Gasteiger partial charge is 0.489 e. The van der Waals surface area contributed by atoms with Gasteiger partial charge in [-0.15, -0.1) is 0 Å². The van der Waals surface area contributed by atoms with Crippen molar-refractivity contribution in [3.05, 3.63) is 93.2 Å². The number of ether oxygens (including phenoxy) is 4. The van der Waals surface area contributed by atoms with E-state index in [0.29, 0.717) is 55.1 Å². The molecule has 2 heterocycles. The number of nitrogens with two attached hydrogens (primary N) is 1. The van der Waals surface area contributed by atoms with Crippen LogP contribution in [0.5, 0.6) is 23.0 Å². The number of dihydropyridines is 1. The maximum atomic E-state index is 9.16. The van der Waals surface area contributed by atoms with Crippen LogP contribution in [0.3, 0.4) is 0 Å². The number of nitrogens with one attached hydrogen (secondary N) is 1. The van der Waals surface area contributed by atoms with Crippen molar-refractivity contribution in [2.75, 3.05) is 26.4 Å². The third-order valence-electron chi connectivity index (χ3n) is 6.90. The normalized spacial score (nSPS) is 14.0. The average molecular weight is 544 g/mol. The molecule has 0 aromatic heterocycles. The SMILES string of the molecule is Cc1c(COc2cc(OCC3=CC(C#N)=CNC3)c(CN)cc2Cl)cccc1-c1ccc2c(c1C)OCCO2. The highest BCUT2D eigenvalue weighted by Gasteiger charge is 2.19. The first-order valence-electron chi connectivity index (χ1n) is 12.8. The third kappa shape index (κ3) is 5.68. The van der Waals surface area contributed by atoms with Gasteiger partial charge in [0, 0.05) is 36.5 Å². The monoisotopic (exact) mass is 543 g/mol. The Kier molecular flexibility index (Phi) is 7.97. The lowest BCUT2D eigenvalue weighted by Gasteiger charge is -2.22. The fourth-order valence-electron chi connectivity index (χ4n) is 4.75. The molecule has 200 valence electrons. The van der Waals surface area contributed by atoms with E-state index >= 15 is 0 Å². The summed E-state index contributed by atoms with van der Waals surface area (Å²) in [5.41, 5.74) is 13.7. The molecule has 39 heavy (non-hydrogen) atoms. The molecule has 0 saturated heterocycles. The molecule has 0 spiro atoms. The number of nitriles is 1. The fraction of sp³-hybridized carbons (Fsp3) is 0.258. The maximum absolute atomic E-state index is 9.16. The van der Waals surface area contributed by atoms with Gasteiger partial charge in [0.05, 0.1) is 10.6 Å². The molecule has 3 aromatic carbocycles. The second-order valence-corrected chi connectivity index (χ2v) is 9.83. The molecule has 0 amide bonds. The highest BCUT2D eigenvalue weighted by Crippen LogP contribution is 2.41. The summed E-state index contributed by atoms with van der Waals surface area (Å²) in [5.74, 6) is 2.70. The van der Waals surface area contributed by atoms with Crippen molar-refractivity contribution < 1.29 is 18.9 Å². The minimum absolute atomic E-state index is 0.270. The first-order valence-corrected chi connectivity index (χ1v) is 13.2. The summed E-state index contributed by atoms with van der Waals surface area (Å²) >= 11 is 6.56. The second-order valence-electron chi connectivity index (χ2n) is 9.42. The molecule has 0 saturated carbocycles. The van der Waals surface area contributed by atoms with Crippen LogP contribution in [0.1, 0.15) is 22.3 Å². The number of rotatable bonds is 8. The Morgan fingerprint density at radius 3 is 2.59 bits per heavy atom. The Labute approximate surface area is 233 Å². The Balaban J connectivity index is 1.35. The van der Waals surface area contributed by atoms with Gasteiger partial charge in [0.1, 0.15) is 44.0 Å². The Morgan fingerprint density at radius 1 is 0.974 bits per heavy atom. The fourth-order valence-corrected chi connectivity index (χ4v) is 4.99. The summed E-state index contributed by atoms with van der Waals surface area (Å²) in [4.78, 5) is 0. The molecule has 0 aliphatic carbocycles. The molecule has 0 atom stereocenters. The van der Waals surface area contributed by atoms with Gasteiger partial charge in [0.15, 0.2) is 11.5 Å². The first kappa shape index (κ1) is 26.5. The van der Waals surface area contributed by atoms with Crippen LogP contribution in [-0.4, -0.2) is 26.4 Å². The van der Waals surface area contributed by atoms with E-state index in [4.69, 9.17) is 41.5 Å². The van der Waals surface area contributed by atoms with Crippen LogP contribution in [0.4, 0.5) is 0 Å². The highest BCUT2D eigenvalue weighted by molar-refractivity contribution is 6.32. The first-order chi connectivity index (χ1) is 19.0. The van der Waals surface area contributed by atoms with Gasteiger partial charge in [0.2, 0.25) is 0 Å². The van der Waals surface area contributed by atoms with Crippen molar-refractivity contribution in [2.24, 2.45) is 5.73 Å². The van der Waals surface area contributed by atoms with Crippen molar-refractivity contribution in [3.63, 3.8) is 0 Å². The number of benzene rings is 3. The summed E-state index contributed by atoms with van der Waals surface area (Å²) in [5, 5.41) is 12.7. The smallest absolute Gasteiger partial charge is 0.164 e. The van der Waals surface area contributed by atoms with E-state index in [1.54, 1.807) is 18.3 Å². The summed E-state index contributed by atoms with van der Waals surface area (Å²) in [7, 11) is 0. The van der Waals surface area contributed by atoms with Gasteiger partial charge >= 0.3 is 0 Å². The lowest BCUT2D eigenvalue weighted by atomic mass is 9.93. The van der Waals surface area contributed by atoms with Crippen molar-refractivity contribution in [2.45, 2.75) is 27.0 Å². The molecular formula is C31H30ClN3O4. The lowest BCUT2D eigenvalue weighted by Crippen LogP contribution is -2.19. The second kappa shape index (κ2) is 11.7. The van der Waals surface area contributed by atoms with Crippen LogP contribution in [-0.2, 0) is 13.2 Å². The van der Waals surface area contributed by atoms with Gasteiger partial charge < -0.3 is 30.0 Å². The van der Waals surface area contributed by atoms with Gasteiger partial charge in [-0.2, -0.15) is 5.26 Å². The van der Waals surface area contributed by atoms with E-state index < -0.39 is 0 Å². The van der Waals surface area contributed by atoms with Gasteiger partial charge in [-0.25, -0.2) is 0 Å². The summed E-state index contributed by atoms with van der Waals surface area (Å²) in [6, 6.07) is 15.9. The lowest BCUT2D eigenvalue weighted by molar-refractivity contribution is 0.170. The molecule has 2 aliphatic rings. The minimum Gasteiger partial charge on any atom is -0.489 e. The topological polar surface area (TPSA) is 98.8 Å². The zero-order valence-electron chi connectivity index (χ0n) is 22.0. The Bertz CT molecular complexity index is 1510. The maximum Gasteiger partial charge on any atom is 0.164 e. The highest BCUT2D eigenvalue weighted by atomic mass is 35.5. The number of hydrogen-bond donors (Lipinski definition) is 2. The average Bonchev–Trinajstić information content (AvgIpc) is 2.97. The molecule has 3 N–H and O–H groups in total. The third-order valence-corrected chi connectivity index (χ3v) is 7.20. The van der Waals surface area contributed by atoms with Crippen molar-refractivity contribution in [3.8, 4) is 40.2 Å². The molecule has 3 aromatic rings. The quantitative estimate of drug-likeness (QED) is 0.373. The van der Waals surface area contributed by atoms with E-state index in [0.717, 1.165) is 50.5 Å². The molecule has 7 nitrogen and oxygen atoms in total. The molecule has 2 aliphatic heterocycles. The predicted molar refractivity (Wildman–Crippen MR) is 151 cm³/mol. The molecule has 0 fully saturated rings. The van der Waals surface area contributed by atoms with Gasteiger partial charge in [-0.3, -0.25) is 0 Å². The van der Waals surface area contributed by atoms with Gasteiger partial charge in [-0.05, 0) is 59.9 Å². The number of hydrogen-bond acceptors (Lipinski definition) is 7. The number of halogens is 1. The van der Waals surface area contributed by atoms with Crippen LogP contribution >= 0.6 is 11.6 Å². The molecule has 0 unspecified atom stereocenters. The zero-order valence-corrected chi connectivity index (χ0v) is 22.7. The van der Waals surface area contributed by atoms with E-state index in [2.05, 4.69) is 43.4 Å². The molecule has 0 bridgehead atoms. The van der Waals surface area contributed by atoms with E-state index in [-0.39, 0.29) is 6.54 Å². The number of allylic oxidation sites excluding steroid dienone is 2. The standard InChI is InChI=1S/C31H30ClN3O4/c1-19-23(4-3-5-25(19)26-6-7-28-31(20(26)2)37-9-8-36-28)18-39-30-12-29(24(14-34)11-27(30)32)38-17-22-10-21(13-33)15-35-16-22/h3-7,10-12,15,35H,8-9,14,16-18,34H2,1-2H3. The van der Waals surface area contributed by atoms with Crippen LogP contribution in [0.25, 0.3) is 11.1 Å². The predicted octanol–water partition coefficient (Wildman–Crippen LogP) is 5.75. The van der Waals surface area contributed by atoms with E-state index in [9.17, 15) is 0 Å². The van der Waals surface area contributed by atoms with Crippen LogP contribution < -0.4 is 30.0 Å². The summed E-state index contributed by atoms with van der Waals surface area (Å²) < 4.78 is 23.9. The van der Waals surface area contributed by atoms with Gasteiger partial charge in [0.25, 0.3) is 0 Å². The van der Waals surface area contributed by atoms with Crippen molar-refractivity contribution in [1.82, 2.24) is 5.32 Å².